The molecule has 1 aliphatic heterocycles. The van der Waals surface area contributed by atoms with Gasteiger partial charge in [0.2, 0.25) is 0 Å². The molecule has 0 bridgehead atoms. The molecule has 1 heteroatoms. The quantitative estimate of drug-likeness (QED) is 0.729. The molecule has 2 aliphatic rings. The van der Waals surface area contributed by atoms with Gasteiger partial charge in [0, 0.05) is 0 Å². The fourth-order valence-corrected chi connectivity index (χ4v) is 3.05. The van der Waals surface area contributed by atoms with E-state index in [-0.39, 0.29) is 0 Å². The molecule has 0 spiro atoms. The molecule has 0 unspecified atom stereocenters. The molecule has 84 valence electrons. The molecule has 0 amide bonds. The Labute approximate surface area is 93.6 Å². The molecule has 2 rings (SSSR count). The van der Waals surface area contributed by atoms with E-state index in [0.717, 1.165) is 5.92 Å². The van der Waals surface area contributed by atoms with Crippen LogP contribution in [0.4, 0.5) is 0 Å². The van der Waals surface area contributed by atoms with E-state index in [0.29, 0.717) is 5.41 Å². The smallest absolute Gasteiger partial charge is 0.000318 e. The zero-order valence-corrected chi connectivity index (χ0v) is 10.1. The molecule has 1 saturated heterocycles. The first-order valence-corrected chi connectivity index (χ1v) is 6.33. The Morgan fingerprint density at radius 2 is 1.93 bits per heavy atom. The molecule has 1 aliphatic carbocycles. The third-order valence-electron chi connectivity index (χ3n) is 4.17. The van der Waals surface area contributed by atoms with E-state index in [4.69, 9.17) is 0 Å². The molecule has 1 nitrogen and oxygen atoms in total. The first kappa shape index (κ1) is 10.9. The van der Waals surface area contributed by atoms with Crippen molar-refractivity contribution >= 4 is 0 Å². The van der Waals surface area contributed by atoms with Crippen molar-refractivity contribution in [3.05, 3.63) is 23.8 Å². The summed E-state index contributed by atoms with van der Waals surface area (Å²) in [6.07, 6.45) is 12.3. The maximum atomic E-state index is 3.48. The minimum absolute atomic E-state index is 0.460. The number of hydrogen-bond donors (Lipinski definition) is 1. The average molecular weight is 205 g/mol. The van der Waals surface area contributed by atoms with Crippen molar-refractivity contribution in [2.24, 2.45) is 11.3 Å². The Kier molecular flexibility index (Phi) is 3.30. The Morgan fingerprint density at radius 3 is 2.47 bits per heavy atom. The van der Waals surface area contributed by atoms with Gasteiger partial charge in [-0.3, -0.25) is 0 Å². The van der Waals surface area contributed by atoms with Gasteiger partial charge >= 0.3 is 0 Å². The SMILES string of the molecule is CC(C)C1(C2=CCCC=C2)CCNCC1. The molecule has 0 aromatic carbocycles. The third kappa shape index (κ3) is 2.03. The lowest BCUT2D eigenvalue weighted by atomic mass is 9.64. The summed E-state index contributed by atoms with van der Waals surface area (Å²) >= 11 is 0. The summed E-state index contributed by atoms with van der Waals surface area (Å²) in [5, 5.41) is 3.48. The van der Waals surface area contributed by atoms with Gasteiger partial charge in [-0.1, -0.05) is 32.1 Å². The summed E-state index contributed by atoms with van der Waals surface area (Å²) < 4.78 is 0. The lowest BCUT2D eigenvalue weighted by Gasteiger charge is -2.43. The Hall–Kier alpha value is -0.560. The van der Waals surface area contributed by atoms with E-state index >= 15 is 0 Å². The van der Waals surface area contributed by atoms with Crippen LogP contribution in [0.1, 0.15) is 39.5 Å². The highest BCUT2D eigenvalue weighted by atomic mass is 14.9. The zero-order valence-electron chi connectivity index (χ0n) is 10.1. The van der Waals surface area contributed by atoms with Gasteiger partial charge in [-0.05, 0) is 55.7 Å². The second kappa shape index (κ2) is 4.52. The van der Waals surface area contributed by atoms with Crippen LogP contribution in [0.3, 0.4) is 0 Å². The number of rotatable bonds is 2. The van der Waals surface area contributed by atoms with Crippen LogP contribution in [-0.4, -0.2) is 13.1 Å². The van der Waals surface area contributed by atoms with Crippen LogP contribution in [0.25, 0.3) is 0 Å². The Balaban J connectivity index is 2.24. The summed E-state index contributed by atoms with van der Waals surface area (Å²) in [4.78, 5) is 0. The van der Waals surface area contributed by atoms with E-state index in [9.17, 15) is 0 Å². The summed E-state index contributed by atoms with van der Waals surface area (Å²) in [5.41, 5.74) is 2.08. The maximum Gasteiger partial charge on any atom is -0.000318 e. The van der Waals surface area contributed by atoms with Crippen molar-refractivity contribution < 1.29 is 0 Å². The first-order chi connectivity index (χ1) is 7.26. The Bertz CT molecular complexity index is 267. The summed E-state index contributed by atoms with van der Waals surface area (Å²) in [6, 6.07) is 0. The molecule has 15 heavy (non-hydrogen) atoms. The highest BCUT2D eigenvalue weighted by molar-refractivity contribution is 5.31. The lowest BCUT2D eigenvalue weighted by Crippen LogP contribution is -2.41. The zero-order chi connectivity index (χ0) is 10.7. The molecule has 0 atom stereocenters. The van der Waals surface area contributed by atoms with Gasteiger partial charge in [-0.2, -0.15) is 0 Å². The number of nitrogens with one attached hydrogen (secondary N) is 1. The summed E-state index contributed by atoms with van der Waals surface area (Å²) in [6.45, 7) is 7.13. The normalized spacial score (nSPS) is 25.4. The highest BCUT2D eigenvalue weighted by Gasteiger charge is 2.37. The predicted molar refractivity (Wildman–Crippen MR) is 65.8 cm³/mol. The van der Waals surface area contributed by atoms with Crippen molar-refractivity contribution in [1.82, 2.24) is 5.32 Å². The molecule has 0 saturated carbocycles. The highest BCUT2D eigenvalue weighted by Crippen LogP contribution is 2.45. The predicted octanol–water partition coefficient (Wildman–Crippen LogP) is 3.29. The monoisotopic (exact) mass is 205 g/mol. The van der Waals surface area contributed by atoms with E-state index < -0.39 is 0 Å². The van der Waals surface area contributed by atoms with Gasteiger partial charge in [-0.25, -0.2) is 0 Å². The van der Waals surface area contributed by atoms with Gasteiger partial charge in [0.1, 0.15) is 0 Å². The van der Waals surface area contributed by atoms with E-state index in [1.165, 1.54) is 38.8 Å². The molecule has 0 radical (unpaired) electrons. The molecular formula is C14H23N. The lowest BCUT2D eigenvalue weighted by molar-refractivity contribution is 0.180. The minimum Gasteiger partial charge on any atom is -0.317 e. The molecule has 0 aromatic heterocycles. The van der Waals surface area contributed by atoms with Gasteiger partial charge in [0.05, 0.1) is 0 Å². The maximum absolute atomic E-state index is 3.48. The van der Waals surface area contributed by atoms with Crippen molar-refractivity contribution in [3.8, 4) is 0 Å². The Morgan fingerprint density at radius 1 is 1.20 bits per heavy atom. The van der Waals surface area contributed by atoms with Crippen molar-refractivity contribution in [2.45, 2.75) is 39.5 Å². The van der Waals surface area contributed by atoms with E-state index in [1.54, 1.807) is 5.57 Å². The standard InChI is InChI=1S/C14H23N/c1-12(2)14(8-10-15-11-9-14)13-6-4-3-5-7-13/h4,6-7,12,15H,3,5,8-11H2,1-2H3. The van der Waals surface area contributed by atoms with Crippen LogP contribution in [-0.2, 0) is 0 Å². The van der Waals surface area contributed by atoms with Gasteiger partial charge in [0.25, 0.3) is 0 Å². The largest absolute Gasteiger partial charge is 0.317 e. The molecular weight excluding hydrogens is 182 g/mol. The number of allylic oxidation sites excluding steroid dienone is 4. The fourth-order valence-electron chi connectivity index (χ4n) is 3.05. The van der Waals surface area contributed by atoms with Crippen LogP contribution < -0.4 is 5.32 Å². The van der Waals surface area contributed by atoms with Gasteiger partial charge in [0.15, 0.2) is 0 Å². The van der Waals surface area contributed by atoms with Crippen LogP contribution in [0.5, 0.6) is 0 Å². The topological polar surface area (TPSA) is 12.0 Å². The van der Waals surface area contributed by atoms with E-state index in [2.05, 4.69) is 37.4 Å². The first-order valence-electron chi connectivity index (χ1n) is 6.33. The van der Waals surface area contributed by atoms with Crippen LogP contribution in [0.15, 0.2) is 23.8 Å². The fraction of sp³-hybridized carbons (Fsp3) is 0.714. The second-order valence-corrected chi connectivity index (χ2v) is 5.20. The average Bonchev–Trinajstić information content (AvgIpc) is 2.31. The molecule has 0 aromatic rings. The second-order valence-electron chi connectivity index (χ2n) is 5.20. The van der Waals surface area contributed by atoms with Crippen molar-refractivity contribution in [2.75, 3.05) is 13.1 Å². The van der Waals surface area contributed by atoms with Crippen molar-refractivity contribution in [1.29, 1.82) is 0 Å². The molecule has 1 heterocycles. The van der Waals surface area contributed by atoms with E-state index in [1.807, 2.05) is 0 Å². The number of hydrogen-bond acceptors (Lipinski definition) is 1. The summed E-state index contributed by atoms with van der Waals surface area (Å²) in [7, 11) is 0. The van der Waals surface area contributed by atoms with Crippen LogP contribution in [0.2, 0.25) is 0 Å². The van der Waals surface area contributed by atoms with Gasteiger partial charge in [-0.15, -0.1) is 0 Å². The molecule has 1 N–H and O–H groups in total. The number of piperidine rings is 1. The third-order valence-corrected chi connectivity index (χ3v) is 4.17. The van der Waals surface area contributed by atoms with Crippen LogP contribution in [0, 0.1) is 11.3 Å². The van der Waals surface area contributed by atoms with Gasteiger partial charge < -0.3 is 5.32 Å². The molecule has 1 fully saturated rings. The minimum atomic E-state index is 0.460. The van der Waals surface area contributed by atoms with Crippen LogP contribution >= 0.6 is 0 Å². The summed E-state index contributed by atoms with van der Waals surface area (Å²) in [5.74, 6) is 0.758. The van der Waals surface area contributed by atoms with Crippen molar-refractivity contribution in [3.63, 3.8) is 0 Å².